The molecule has 0 unspecified atom stereocenters. The second-order valence-corrected chi connectivity index (χ2v) is 7.34. The standard InChI is InChI=1S/C13H13Cl2N3O2S/c1-8(2)4-5-9(3)21(19,20)18-7-6-10-11(18)12(14)17-13(15)16-10/h4-7H,1-3H3/b9-5+. The highest BCUT2D eigenvalue weighted by molar-refractivity contribution is 7.93. The molecule has 0 aliphatic carbocycles. The second kappa shape index (κ2) is 5.79. The lowest BCUT2D eigenvalue weighted by atomic mass is 10.3. The predicted octanol–water partition coefficient (Wildman–Crippen LogP) is 3.79. The van der Waals surface area contributed by atoms with E-state index in [2.05, 4.69) is 9.97 Å². The van der Waals surface area contributed by atoms with Gasteiger partial charge >= 0.3 is 0 Å². The lowest BCUT2D eigenvalue weighted by Gasteiger charge is -2.08. The van der Waals surface area contributed by atoms with Crippen LogP contribution in [-0.4, -0.2) is 22.4 Å². The molecule has 0 radical (unpaired) electrons. The number of aromatic nitrogens is 3. The summed E-state index contributed by atoms with van der Waals surface area (Å²) in [7, 11) is -3.73. The molecular weight excluding hydrogens is 333 g/mol. The minimum absolute atomic E-state index is 0.00594. The largest absolute Gasteiger partial charge is 0.264 e. The van der Waals surface area contributed by atoms with E-state index in [0.717, 1.165) is 9.55 Å². The van der Waals surface area contributed by atoms with Gasteiger partial charge < -0.3 is 0 Å². The normalized spacial score (nSPS) is 12.7. The molecule has 2 aromatic rings. The number of nitrogens with zero attached hydrogens (tertiary/aromatic N) is 3. The summed E-state index contributed by atoms with van der Waals surface area (Å²) in [4.78, 5) is 7.93. The molecule has 2 rings (SSSR count). The number of fused-ring (bicyclic) bond motifs is 1. The summed E-state index contributed by atoms with van der Waals surface area (Å²) in [6, 6.07) is 1.53. The fourth-order valence-electron chi connectivity index (χ4n) is 1.68. The molecule has 0 aliphatic heterocycles. The van der Waals surface area contributed by atoms with E-state index in [4.69, 9.17) is 23.2 Å². The van der Waals surface area contributed by atoms with Crippen molar-refractivity contribution in [1.82, 2.24) is 13.9 Å². The third-order valence-electron chi connectivity index (χ3n) is 2.75. The van der Waals surface area contributed by atoms with Gasteiger partial charge in [-0.05, 0) is 44.5 Å². The van der Waals surface area contributed by atoms with Crippen LogP contribution in [0.3, 0.4) is 0 Å². The van der Waals surface area contributed by atoms with E-state index in [1.165, 1.54) is 19.2 Å². The van der Waals surface area contributed by atoms with E-state index < -0.39 is 10.0 Å². The van der Waals surface area contributed by atoms with E-state index in [0.29, 0.717) is 5.52 Å². The number of hydrogen-bond acceptors (Lipinski definition) is 4. The molecule has 8 heteroatoms. The summed E-state index contributed by atoms with van der Waals surface area (Å²) in [6.45, 7) is 5.29. The van der Waals surface area contributed by atoms with Crippen LogP contribution in [0.2, 0.25) is 10.4 Å². The molecule has 0 N–H and O–H groups in total. The zero-order valence-corrected chi connectivity index (χ0v) is 14.0. The molecule has 2 heterocycles. The van der Waals surface area contributed by atoms with E-state index in [-0.39, 0.29) is 20.9 Å². The Kier molecular flexibility index (Phi) is 4.41. The Balaban J connectivity index is 2.67. The van der Waals surface area contributed by atoms with Gasteiger partial charge in [0.15, 0.2) is 5.15 Å². The van der Waals surface area contributed by atoms with E-state index in [1.807, 2.05) is 13.8 Å². The molecule has 0 fully saturated rings. The molecular formula is C13H13Cl2N3O2S. The van der Waals surface area contributed by atoms with Crippen LogP contribution in [0.4, 0.5) is 0 Å². The zero-order chi connectivity index (χ0) is 15.8. The summed E-state index contributed by atoms with van der Waals surface area (Å²) < 4.78 is 26.2. The number of hydrogen-bond donors (Lipinski definition) is 0. The van der Waals surface area contributed by atoms with Crippen LogP contribution in [0.25, 0.3) is 11.0 Å². The van der Waals surface area contributed by atoms with E-state index >= 15 is 0 Å². The van der Waals surface area contributed by atoms with Crippen molar-refractivity contribution in [3.05, 3.63) is 45.3 Å². The number of halogens is 2. The molecule has 0 spiro atoms. The fraction of sp³-hybridized carbons (Fsp3) is 0.231. The average Bonchev–Trinajstić information content (AvgIpc) is 2.80. The lowest BCUT2D eigenvalue weighted by Crippen LogP contribution is -2.12. The summed E-state index contributed by atoms with van der Waals surface area (Å²) in [6.07, 6.45) is 4.66. The molecule has 0 amide bonds. The maximum atomic E-state index is 12.6. The van der Waals surface area contributed by atoms with Gasteiger partial charge in [-0.25, -0.2) is 22.4 Å². The monoisotopic (exact) mass is 345 g/mol. The average molecular weight is 346 g/mol. The Hall–Kier alpha value is -1.37. The molecule has 21 heavy (non-hydrogen) atoms. The maximum absolute atomic E-state index is 12.6. The third-order valence-corrected chi connectivity index (χ3v) is 4.95. The topological polar surface area (TPSA) is 64.8 Å². The SMILES string of the molecule is CC(C)=C/C=C(\C)S(=O)(=O)n1ccc2nc(Cl)nc(Cl)c21. The maximum Gasteiger partial charge on any atom is 0.264 e. The molecule has 0 aromatic carbocycles. The lowest BCUT2D eigenvalue weighted by molar-refractivity contribution is 0.595. The fourth-order valence-corrected chi connectivity index (χ4v) is 3.40. The van der Waals surface area contributed by atoms with Crippen molar-refractivity contribution in [2.75, 3.05) is 0 Å². The van der Waals surface area contributed by atoms with Gasteiger partial charge in [0.2, 0.25) is 5.28 Å². The number of rotatable bonds is 3. The zero-order valence-electron chi connectivity index (χ0n) is 11.6. The van der Waals surface area contributed by atoms with Crippen LogP contribution in [0.15, 0.2) is 34.9 Å². The summed E-state index contributed by atoms with van der Waals surface area (Å²) >= 11 is 11.7. The first-order chi connectivity index (χ1) is 9.73. The first kappa shape index (κ1) is 16.0. The Morgan fingerprint density at radius 2 is 1.86 bits per heavy atom. The second-order valence-electron chi connectivity index (χ2n) is 4.66. The molecule has 0 aliphatic rings. The highest BCUT2D eigenvalue weighted by atomic mass is 35.5. The number of allylic oxidation sites excluding steroid dienone is 4. The Labute approximate surface area is 133 Å². The van der Waals surface area contributed by atoms with Crippen molar-refractivity contribution in [3.8, 4) is 0 Å². The molecule has 2 aromatic heterocycles. The van der Waals surface area contributed by atoms with Crippen LogP contribution in [0.5, 0.6) is 0 Å². The molecule has 0 saturated carbocycles. The highest BCUT2D eigenvalue weighted by Crippen LogP contribution is 2.26. The van der Waals surface area contributed by atoms with Crippen LogP contribution >= 0.6 is 23.2 Å². The minimum Gasteiger partial charge on any atom is -0.237 e. The van der Waals surface area contributed by atoms with Gasteiger partial charge in [-0.2, -0.15) is 0 Å². The van der Waals surface area contributed by atoms with Crippen LogP contribution in [0, 0.1) is 0 Å². The van der Waals surface area contributed by atoms with Crippen molar-refractivity contribution >= 4 is 44.3 Å². The van der Waals surface area contributed by atoms with Gasteiger partial charge in [0.25, 0.3) is 10.0 Å². The van der Waals surface area contributed by atoms with Gasteiger partial charge in [-0.3, -0.25) is 0 Å². The van der Waals surface area contributed by atoms with Gasteiger partial charge in [-0.1, -0.05) is 23.3 Å². The smallest absolute Gasteiger partial charge is 0.237 e. The molecule has 0 atom stereocenters. The van der Waals surface area contributed by atoms with Gasteiger partial charge in [-0.15, -0.1) is 0 Å². The highest BCUT2D eigenvalue weighted by Gasteiger charge is 2.21. The first-order valence-electron chi connectivity index (χ1n) is 6.01. The molecule has 0 saturated heterocycles. The minimum atomic E-state index is -3.73. The van der Waals surface area contributed by atoms with Gasteiger partial charge in [0.05, 0.1) is 10.4 Å². The van der Waals surface area contributed by atoms with Crippen molar-refractivity contribution < 1.29 is 8.42 Å². The Bertz CT molecular complexity index is 863. The van der Waals surface area contributed by atoms with Crippen LogP contribution in [0.1, 0.15) is 20.8 Å². The summed E-state index contributed by atoms with van der Waals surface area (Å²) in [5, 5.41) is -0.0342. The van der Waals surface area contributed by atoms with Crippen LogP contribution < -0.4 is 0 Å². The van der Waals surface area contributed by atoms with Gasteiger partial charge in [0, 0.05) is 6.20 Å². The summed E-state index contributed by atoms with van der Waals surface area (Å²) in [5.74, 6) is 0. The van der Waals surface area contributed by atoms with Gasteiger partial charge in [0.1, 0.15) is 5.52 Å². The molecule has 0 bridgehead atoms. The quantitative estimate of drug-likeness (QED) is 0.482. The van der Waals surface area contributed by atoms with Crippen molar-refractivity contribution in [3.63, 3.8) is 0 Å². The van der Waals surface area contributed by atoms with E-state index in [9.17, 15) is 8.42 Å². The van der Waals surface area contributed by atoms with Crippen molar-refractivity contribution in [1.29, 1.82) is 0 Å². The Morgan fingerprint density at radius 1 is 1.19 bits per heavy atom. The summed E-state index contributed by atoms with van der Waals surface area (Å²) in [5.41, 5.74) is 1.58. The first-order valence-corrected chi connectivity index (χ1v) is 8.20. The van der Waals surface area contributed by atoms with Crippen molar-refractivity contribution in [2.45, 2.75) is 20.8 Å². The van der Waals surface area contributed by atoms with E-state index in [1.54, 1.807) is 12.2 Å². The van der Waals surface area contributed by atoms with Crippen molar-refractivity contribution in [2.24, 2.45) is 0 Å². The Morgan fingerprint density at radius 3 is 2.48 bits per heavy atom. The molecule has 5 nitrogen and oxygen atoms in total. The molecule has 112 valence electrons. The third kappa shape index (κ3) is 3.12. The predicted molar refractivity (Wildman–Crippen MR) is 85.1 cm³/mol. The van der Waals surface area contributed by atoms with Crippen LogP contribution in [-0.2, 0) is 10.0 Å².